The summed E-state index contributed by atoms with van der Waals surface area (Å²) in [5.74, 6) is -3.57. The van der Waals surface area contributed by atoms with E-state index in [9.17, 15) is 26.7 Å². The number of halogens is 6. The van der Waals surface area contributed by atoms with E-state index in [0.717, 1.165) is 18.2 Å². The summed E-state index contributed by atoms with van der Waals surface area (Å²) in [4.78, 5) is 11.5. The molecular weight excluding hydrogens is 377 g/mol. The van der Waals surface area contributed by atoms with Crippen LogP contribution in [0.15, 0.2) is 22.7 Å². The van der Waals surface area contributed by atoms with Crippen LogP contribution in [0.25, 0.3) is 0 Å². The van der Waals surface area contributed by atoms with Crippen LogP contribution in [0.2, 0.25) is 0 Å². The van der Waals surface area contributed by atoms with Gasteiger partial charge >= 0.3 is 6.18 Å². The van der Waals surface area contributed by atoms with Gasteiger partial charge in [0.05, 0.1) is 10.0 Å². The summed E-state index contributed by atoms with van der Waals surface area (Å²) in [6, 6.07) is 2.15. The van der Waals surface area contributed by atoms with Crippen LogP contribution >= 0.6 is 15.9 Å². The van der Waals surface area contributed by atoms with Gasteiger partial charge in [0, 0.05) is 18.9 Å². The van der Waals surface area contributed by atoms with Gasteiger partial charge in [-0.15, -0.1) is 0 Å². The summed E-state index contributed by atoms with van der Waals surface area (Å²) in [7, 11) is 0. The van der Waals surface area contributed by atoms with Crippen molar-refractivity contribution in [1.29, 1.82) is 0 Å². The first kappa shape index (κ1) is 17.0. The summed E-state index contributed by atoms with van der Waals surface area (Å²) in [5.41, 5.74) is -0.912. The van der Waals surface area contributed by atoms with E-state index in [4.69, 9.17) is 4.74 Å². The topological polar surface area (TPSA) is 38.3 Å². The molecule has 1 aliphatic carbocycles. The lowest BCUT2D eigenvalue weighted by Gasteiger charge is -2.35. The minimum atomic E-state index is -4.53. The zero-order valence-electron chi connectivity index (χ0n) is 11.0. The number of benzene rings is 1. The van der Waals surface area contributed by atoms with E-state index in [2.05, 4.69) is 21.2 Å². The number of carbonyl (C=O) groups is 1. The van der Waals surface area contributed by atoms with Crippen LogP contribution in [0, 0.1) is 0 Å². The highest BCUT2D eigenvalue weighted by molar-refractivity contribution is 9.10. The lowest BCUT2D eigenvalue weighted by molar-refractivity contribution is -0.137. The maximum atomic E-state index is 12.6. The van der Waals surface area contributed by atoms with Crippen molar-refractivity contribution in [2.24, 2.45) is 0 Å². The fourth-order valence-electron chi connectivity index (χ4n) is 1.97. The van der Waals surface area contributed by atoms with Crippen molar-refractivity contribution in [1.82, 2.24) is 5.32 Å². The number of rotatable bonds is 4. The Bertz CT molecular complexity index is 568. The minimum Gasteiger partial charge on any atom is -0.483 e. The molecule has 122 valence electrons. The molecule has 1 N–H and O–H groups in total. The Morgan fingerprint density at radius 1 is 1.36 bits per heavy atom. The summed E-state index contributed by atoms with van der Waals surface area (Å²) >= 11 is 3.01. The van der Waals surface area contributed by atoms with Gasteiger partial charge in [0.15, 0.2) is 6.61 Å². The van der Waals surface area contributed by atoms with Crippen LogP contribution in [-0.2, 0) is 11.0 Å². The smallest absolute Gasteiger partial charge is 0.416 e. The van der Waals surface area contributed by atoms with Crippen LogP contribution in [0.1, 0.15) is 18.4 Å². The molecule has 2 rings (SSSR count). The van der Waals surface area contributed by atoms with Gasteiger partial charge in [-0.2, -0.15) is 13.2 Å². The number of hydrogen-bond donors (Lipinski definition) is 1. The highest BCUT2D eigenvalue weighted by atomic mass is 79.9. The number of hydrogen-bond acceptors (Lipinski definition) is 2. The van der Waals surface area contributed by atoms with Crippen molar-refractivity contribution in [3.63, 3.8) is 0 Å². The average Bonchev–Trinajstić information content (AvgIpc) is 2.34. The first-order chi connectivity index (χ1) is 10.1. The number of alkyl halides is 5. The third-order valence-electron chi connectivity index (χ3n) is 3.07. The second-order valence-electron chi connectivity index (χ2n) is 4.96. The fourth-order valence-corrected chi connectivity index (χ4v) is 2.33. The standard InChI is InChI=1S/C13H11BrF5NO2/c14-9-2-1-7(13(17,18)19)3-10(9)22-6-11(21)20-8-4-12(15,16)5-8/h1-3,8H,4-6H2,(H,20,21). The van der Waals surface area contributed by atoms with Crippen LogP contribution in [0.3, 0.4) is 0 Å². The van der Waals surface area contributed by atoms with Gasteiger partial charge < -0.3 is 10.1 Å². The third kappa shape index (κ3) is 4.31. The Morgan fingerprint density at radius 2 is 2.00 bits per heavy atom. The Morgan fingerprint density at radius 3 is 2.55 bits per heavy atom. The van der Waals surface area contributed by atoms with E-state index in [-0.39, 0.29) is 10.2 Å². The largest absolute Gasteiger partial charge is 0.483 e. The number of ether oxygens (including phenoxy) is 1. The van der Waals surface area contributed by atoms with E-state index in [1.54, 1.807) is 0 Å². The second-order valence-corrected chi connectivity index (χ2v) is 5.81. The fraction of sp³-hybridized carbons (Fsp3) is 0.462. The van der Waals surface area contributed by atoms with Crippen LogP contribution in [-0.4, -0.2) is 24.5 Å². The Labute approximate surface area is 131 Å². The van der Waals surface area contributed by atoms with Crippen molar-refractivity contribution in [3.8, 4) is 5.75 Å². The third-order valence-corrected chi connectivity index (χ3v) is 3.73. The summed E-state index contributed by atoms with van der Waals surface area (Å²) in [6.45, 7) is -0.554. The molecular formula is C13H11BrF5NO2. The molecule has 22 heavy (non-hydrogen) atoms. The number of amides is 1. The van der Waals surface area contributed by atoms with E-state index in [1.165, 1.54) is 0 Å². The van der Waals surface area contributed by atoms with Crippen LogP contribution in [0.5, 0.6) is 5.75 Å². The van der Waals surface area contributed by atoms with Gasteiger partial charge in [-0.05, 0) is 34.1 Å². The predicted octanol–water partition coefficient (Wildman–Crippen LogP) is 3.76. The summed E-state index contributed by atoms with van der Waals surface area (Å²) in [6.07, 6.45) is -5.41. The summed E-state index contributed by atoms with van der Waals surface area (Å²) < 4.78 is 68.2. The minimum absolute atomic E-state index is 0.149. The van der Waals surface area contributed by atoms with Crippen LogP contribution < -0.4 is 10.1 Å². The van der Waals surface area contributed by atoms with Crippen molar-refractivity contribution < 1.29 is 31.5 Å². The number of nitrogens with one attached hydrogen (secondary N) is 1. The molecule has 0 unspecified atom stereocenters. The molecule has 0 aromatic heterocycles. The Kier molecular flexibility index (Phi) is 4.65. The average molecular weight is 388 g/mol. The van der Waals surface area contributed by atoms with Gasteiger partial charge in [0.25, 0.3) is 11.8 Å². The zero-order chi connectivity index (χ0) is 16.5. The molecule has 0 heterocycles. The molecule has 0 aliphatic heterocycles. The van der Waals surface area contributed by atoms with Gasteiger partial charge in [-0.25, -0.2) is 8.78 Å². The van der Waals surface area contributed by atoms with Gasteiger partial charge in [-0.3, -0.25) is 4.79 Å². The first-order valence-electron chi connectivity index (χ1n) is 6.23. The molecule has 3 nitrogen and oxygen atoms in total. The lowest BCUT2D eigenvalue weighted by atomic mass is 9.88. The predicted molar refractivity (Wildman–Crippen MR) is 70.8 cm³/mol. The molecule has 1 amide bonds. The second kappa shape index (κ2) is 6.02. The van der Waals surface area contributed by atoms with E-state index in [1.807, 2.05) is 0 Å². The van der Waals surface area contributed by atoms with E-state index >= 15 is 0 Å². The van der Waals surface area contributed by atoms with Gasteiger partial charge in [0.1, 0.15) is 5.75 Å². The monoisotopic (exact) mass is 387 g/mol. The van der Waals surface area contributed by atoms with E-state index < -0.39 is 49.1 Å². The number of carbonyl (C=O) groups excluding carboxylic acids is 1. The van der Waals surface area contributed by atoms with Crippen molar-refractivity contribution in [2.45, 2.75) is 31.0 Å². The molecule has 9 heteroatoms. The normalized spacial score (nSPS) is 17.7. The molecule has 1 fully saturated rings. The molecule has 1 aromatic carbocycles. The molecule has 1 saturated carbocycles. The quantitative estimate of drug-likeness (QED) is 0.798. The summed E-state index contributed by atoms with van der Waals surface area (Å²) in [5, 5.41) is 2.33. The molecule has 0 atom stereocenters. The van der Waals surface area contributed by atoms with Crippen LogP contribution in [0.4, 0.5) is 22.0 Å². The van der Waals surface area contributed by atoms with Crippen molar-refractivity contribution >= 4 is 21.8 Å². The lowest BCUT2D eigenvalue weighted by Crippen LogP contribution is -2.51. The van der Waals surface area contributed by atoms with Gasteiger partial charge in [-0.1, -0.05) is 0 Å². The molecule has 1 aliphatic rings. The van der Waals surface area contributed by atoms with E-state index in [0.29, 0.717) is 0 Å². The molecule has 0 saturated heterocycles. The van der Waals surface area contributed by atoms with Gasteiger partial charge in [0.2, 0.25) is 0 Å². The highest BCUT2D eigenvalue weighted by Gasteiger charge is 2.45. The maximum absolute atomic E-state index is 12.6. The van der Waals surface area contributed by atoms with Crippen molar-refractivity contribution in [2.75, 3.05) is 6.61 Å². The zero-order valence-corrected chi connectivity index (χ0v) is 12.6. The molecule has 1 aromatic rings. The highest BCUT2D eigenvalue weighted by Crippen LogP contribution is 2.37. The molecule has 0 spiro atoms. The SMILES string of the molecule is O=C(COc1cc(C(F)(F)F)ccc1Br)NC1CC(F)(F)C1. The molecule has 0 radical (unpaired) electrons. The maximum Gasteiger partial charge on any atom is 0.416 e. The molecule has 0 bridgehead atoms. The van der Waals surface area contributed by atoms with Crippen molar-refractivity contribution in [3.05, 3.63) is 28.2 Å². The Hall–Kier alpha value is -1.38. The first-order valence-corrected chi connectivity index (χ1v) is 7.03. The Balaban J connectivity index is 1.90.